The largest absolute Gasteiger partial charge is 0.465 e. The Kier molecular flexibility index (Phi) is 8.29. The van der Waals surface area contributed by atoms with E-state index in [0.717, 1.165) is 11.4 Å². The van der Waals surface area contributed by atoms with Crippen molar-refractivity contribution in [2.75, 3.05) is 18.2 Å². The molecule has 4 aromatic rings. The maximum absolute atomic E-state index is 13.4. The molecule has 0 aliphatic rings. The summed E-state index contributed by atoms with van der Waals surface area (Å²) in [5.74, 6) is -0.440. The van der Waals surface area contributed by atoms with Gasteiger partial charge < -0.3 is 14.6 Å². The number of methoxy groups -OCH3 is 1. The molecule has 10 heteroatoms. The molecule has 7 nitrogen and oxygen atoms in total. The van der Waals surface area contributed by atoms with E-state index in [9.17, 15) is 14.0 Å². The van der Waals surface area contributed by atoms with Gasteiger partial charge >= 0.3 is 5.97 Å². The van der Waals surface area contributed by atoms with Gasteiger partial charge in [0.15, 0.2) is 5.16 Å². The van der Waals surface area contributed by atoms with Crippen LogP contribution in [0.2, 0.25) is 0 Å². The van der Waals surface area contributed by atoms with E-state index in [-0.39, 0.29) is 23.0 Å². The Morgan fingerprint density at radius 1 is 1.17 bits per heavy atom. The van der Waals surface area contributed by atoms with Crippen molar-refractivity contribution in [3.8, 4) is 11.1 Å². The highest BCUT2D eigenvalue weighted by molar-refractivity contribution is 7.99. The van der Waals surface area contributed by atoms with E-state index in [4.69, 9.17) is 4.74 Å². The van der Waals surface area contributed by atoms with Crippen LogP contribution in [-0.4, -0.2) is 39.5 Å². The van der Waals surface area contributed by atoms with Crippen LogP contribution in [0.25, 0.3) is 11.1 Å². The van der Waals surface area contributed by atoms with Gasteiger partial charge in [-0.1, -0.05) is 60.3 Å². The minimum Gasteiger partial charge on any atom is -0.465 e. The number of allylic oxidation sites excluding steroid dienone is 1. The van der Waals surface area contributed by atoms with Crippen molar-refractivity contribution in [2.24, 2.45) is 0 Å². The molecule has 0 saturated heterocycles. The number of anilines is 1. The van der Waals surface area contributed by atoms with Crippen molar-refractivity contribution in [3.05, 3.63) is 95.4 Å². The van der Waals surface area contributed by atoms with Gasteiger partial charge in [-0.25, -0.2) is 9.18 Å². The number of amides is 1. The molecule has 2 aromatic carbocycles. The number of hydrogen-bond acceptors (Lipinski definition) is 7. The van der Waals surface area contributed by atoms with E-state index in [2.05, 4.69) is 22.1 Å². The molecule has 0 atom stereocenters. The molecule has 4 rings (SSSR count). The first-order valence-corrected chi connectivity index (χ1v) is 12.8. The first-order valence-electron chi connectivity index (χ1n) is 11.0. The van der Waals surface area contributed by atoms with Gasteiger partial charge in [0, 0.05) is 23.9 Å². The minimum absolute atomic E-state index is 0.0605. The molecule has 0 spiro atoms. The van der Waals surface area contributed by atoms with Gasteiger partial charge in [0.1, 0.15) is 22.2 Å². The first-order chi connectivity index (χ1) is 17.5. The van der Waals surface area contributed by atoms with Crippen molar-refractivity contribution in [2.45, 2.75) is 18.1 Å². The third kappa shape index (κ3) is 5.89. The number of thiophene rings is 1. The van der Waals surface area contributed by atoms with Crippen LogP contribution in [0.3, 0.4) is 0 Å². The zero-order valence-corrected chi connectivity index (χ0v) is 21.1. The van der Waals surface area contributed by atoms with Crippen LogP contribution in [0.1, 0.15) is 21.7 Å². The lowest BCUT2D eigenvalue weighted by molar-refractivity contribution is -0.113. The SMILES string of the molecule is C=CCn1c(Cc2ccccc2)nnc1SCC(=O)Nc1scc(-c2ccc(F)cc2)c1C(=O)OC. The summed E-state index contributed by atoms with van der Waals surface area (Å²) < 4.78 is 20.2. The monoisotopic (exact) mass is 522 g/mol. The molecule has 1 amide bonds. The number of nitrogens with zero attached hydrogens (tertiary/aromatic N) is 3. The van der Waals surface area contributed by atoms with Crippen LogP contribution in [0.5, 0.6) is 0 Å². The number of esters is 1. The van der Waals surface area contributed by atoms with E-state index in [1.807, 2.05) is 34.9 Å². The van der Waals surface area contributed by atoms with Gasteiger partial charge in [-0.3, -0.25) is 4.79 Å². The van der Waals surface area contributed by atoms with Gasteiger partial charge in [-0.05, 0) is 23.3 Å². The molecular formula is C26H23FN4O3S2. The molecule has 0 radical (unpaired) electrons. The molecule has 1 N–H and O–H groups in total. The van der Waals surface area contributed by atoms with Gasteiger partial charge in [-0.15, -0.1) is 28.1 Å². The highest BCUT2D eigenvalue weighted by atomic mass is 32.2. The van der Waals surface area contributed by atoms with Crippen LogP contribution in [0, 0.1) is 5.82 Å². The molecule has 0 unspecified atom stereocenters. The predicted octanol–water partition coefficient (Wildman–Crippen LogP) is 5.44. The van der Waals surface area contributed by atoms with Gasteiger partial charge in [0.05, 0.1) is 12.9 Å². The number of carbonyl (C=O) groups excluding carboxylic acids is 2. The number of rotatable bonds is 10. The van der Waals surface area contributed by atoms with Crippen LogP contribution in [0.4, 0.5) is 9.39 Å². The second-order valence-electron chi connectivity index (χ2n) is 7.65. The topological polar surface area (TPSA) is 86.1 Å². The van der Waals surface area contributed by atoms with Crippen molar-refractivity contribution in [1.29, 1.82) is 0 Å². The highest BCUT2D eigenvalue weighted by Gasteiger charge is 2.23. The lowest BCUT2D eigenvalue weighted by Gasteiger charge is -2.09. The number of hydrogen-bond donors (Lipinski definition) is 1. The molecular weight excluding hydrogens is 499 g/mol. The maximum atomic E-state index is 13.4. The van der Waals surface area contributed by atoms with Gasteiger partial charge in [-0.2, -0.15) is 0 Å². The molecule has 0 saturated carbocycles. The number of thioether (sulfide) groups is 1. The van der Waals surface area contributed by atoms with E-state index in [1.165, 1.54) is 42.3 Å². The predicted molar refractivity (Wildman–Crippen MR) is 140 cm³/mol. The van der Waals surface area contributed by atoms with Crippen molar-refractivity contribution in [3.63, 3.8) is 0 Å². The van der Waals surface area contributed by atoms with E-state index in [0.29, 0.717) is 34.2 Å². The average Bonchev–Trinajstić information content (AvgIpc) is 3.47. The number of nitrogens with one attached hydrogen (secondary N) is 1. The van der Waals surface area contributed by atoms with Gasteiger partial charge in [0.25, 0.3) is 0 Å². The van der Waals surface area contributed by atoms with Crippen LogP contribution < -0.4 is 5.32 Å². The molecule has 0 aliphatic carbocycles. The quantitative estimate of drug-likeness (QED) is 0.170. The van der Waals surface area contributed by atoms with Crippen molar-refractivity contribution < 1.29 is 18.7 Å². The Labute approximate surface area is 216 Å². The number of carbonyl (C=O) groups is 2. The molecule has 36 heavy (non-hydrogen) atoms. The fourth-order valence-corrected chi connectivity index (χ4v) is 5.28. The molecule has 0 bridgehead atoms. The Balaban J connectivity index is 1.48. The molecule has 0 aliphatic heterocycles. The second-order valence-corrected chi connectivity index (χ2v) is 9.47. The summed E-state index contributed by atoms with van der Waals surface area (Å²) in [5, 5.41) is 14.1. The second kappa shape index (κ2) is 11.8. The average molecular weight is 523 g/mol. The third-order valence-electron chi connectivity index (χ3n) is 5.23. The number of aromatic nitrogens is 3. The maximum Gasteiger partial charge on any atom is 0.341 e. The third-order valence-corrected chi connectivity index (χ3v) is 7.09. The summed E-state index contributed by atoms with van der Waals surface area (Å²) in [6.07, 6.45) is 2.37. The molecule has 2 heterocycles. The Morgan fingerprint density at radius 2 is 1.92 bits per heavy atom. The summed E-state index contributed by atoms with van der Waals surface area (Å²) >= 11 is 2.45. The smallest absolute Gasteiger partial charge is 0.341 e. The zero-order valence-electron chi connectivity index (χ0n) is 19.4. The lowest BCUT2D eigenvalue weighted by Crippen LogP contribution is -2.16. The minimum atomic E-state index is -0.588. The first kappa shape index (κ1) is 25.3. The fraction of sp³-hybridized carbons (Fsp3) is 0.154. The summed E-state index contributed by atoms with van der Waals surface area (Å²) in [6, 6.07) is 15.7. The van der Waals surface area contributed by atoms with E-state index >= 15 is 0 Å². The van der Waals surface area contributed by atoms with E-state index < -0.39 is 5.97 Å². The molecule has 184 valence electrons. The lowest BCUT2D eigenvalue weighted by atomic mass is 10.0. The highest BCUT2D eigenvalue weighted by Crippen LogP contribution is 2.36. The summed E-state index contributed by atoms with van der Waals surface area (Å²) in [4.78, 5) is 25.3. The summed E-state index contributed by atoms with van der Waals surface area (Å²) in [7, 11) is 1.27. The van der Waals surface area contributed by atoms with Gasteiger partial charge in [0.2, 0.25) is 5.91 Å². The normalized spacial score (nSPS) is 10.7. The number of ether oxygens (including phenoxy) is 1. The van der Waals surface area contributed by atoms with Crippen molar-refractivity contribution >= 4 is 40.0 Å². The van der Waals surface area contributed by atoms with E-state index in [1.54, 1.807) is 23.6 Å². The fourth-order valence-electron chi connectivity index (χ4n) is 3.54. The van der Waals surface area contributed by atoms with Crippen molar-refractivity contribution in [1.82, 2.24) is 14.8 Å². The Morgan fingerprint density at radius 3 is 2.61 bits per heavy atom. The van der Waals surface area contributed by atoms with Crippen LogP contribution in [-0.2, 0) is 22.5 Å². The number of benzene rings is 2. The van der Waals surface area contributed by atoms with Crippen LogP contribution >= 0.6 is 23.1 Å². The summed E-state index contributed by atoms with van der Waals surface area (Å²) in [5.41, 5.74) is 2.54. The Bertz CT molecular complexity index is 1370. The zero-order chi connectivity index (χ0) is 25.5. The number of halogens is 1. The van der Waals surface area contributed by atoms with Crippen LogP contribution in [0.15, 0.2) is 77.8 Å². The summed E-state index contributed by atoms with van der Waals surface area (Å²) in [6.45, 7) is 4.33. The Hall–Kier alpha value is -3.76. The molecule has 2 aromatic heterocycles. The standard InChI is InChI=1S/C26H23FN4O3S2/c1-3-13-31-21(14-17-7-5-4-6-8-17)29-30-26(31)36-16-22(32)28-24-23(25(33)34-2)20(15-35-24)18-9-11-19(27)12-10-18/h3-12,15H,1,13-14,16H2,2H3,(H,28,32). The molecule has 0 fully saturated rings.